The summed E-state index contributed by atoms with van der Waals surface area (Å²) in [5, 5.41) is 0. The summed E-state index contributed by atoms with van der Waals surface area (Å²) in [6.07, 6.45) is 6.66. The molecule has 1 heteroatoms. The van der Waals surface area contributed by atoms with Gasteiger partial charge in [0, 0.05) is 5.69 Å². The molecule has 15 heavy (non-hydrogen) atoms. The van der Waals surface area contributed by atoms with Crippen LogP contribution in [0.3, 0.4) is 0 Å². The SMILES string of the molecule is CCc1c(CC2CCC2)ccc(N)c1C. The van der Waals surface area contributed by atoms with Gasteiger partial charge in [0.2, 0.25) is 0 Å². The summed E-state index contributed by atoms with van der Waals surface area (Å²) in [5.41, 5.74) is 11.2. The molecule has 1 nitrogen and oxygen atoms in total. The largest absolute Gasteiger partial charge is 0.399 e. The Morgan fingerprint density at radius 1 is 1.33 bits per heavy atom. The summed E-state index contributed by atoms with van der Waals surface area (Å²) in [5.74, 6) is 0.943. The number of hydrogen-bond donors (Lipinski definition) is 1. The molecule has 0 radical (unpaired) electrons. The minimum atomic E-state index is 0.943. The lowest BCUT2D eigenvalue weighted by atomic mass is 9.79. The van der Waals surface area contributed by atoms with Crippen molar-refractivity contribution >= 4 is 5.69 Å². The molecule has 0 aliphatic heterocycles. The smallest absolute Gasteiger partial charge is 0.0346 e. The summed E-state index contributed by atoms with van der Waals surface area (Å²) < 4.78 is 0. The van der Waals surface area contributed by atoms with E-state index in [0.717, 1.165) is 18.0 Å². The van der Waals surface area contributed by atoms with Gasteiger partial charge in [-0.15, -0.1) is 0 Å². The lowest BCUT2D eigenvalue weighted by Gasteiger charge is -2.26. The Bertz CT molecular complexity index is 351. The Morgan fingerprint density at radius 3 is 2.60 bits per heavy atom. The maximum Gasteiger partial charge on any atom is 0.0346 e. The fourth-order valence-corrected chi connectivity index (χ4v) is 2.52. The zero-order valence-corrected chi connectivity index (χ0v) is 9.84. The van der Waals surface area contributed by atoms with E-state index < -0.39 is 0 Å². The van der Waals surface area contributed by atoms with Crippen LogP contribution in [0.1, 0.15) is 42.9 Å². The van der Waals surface area contributed by atoms with Crippen LogP contribution in [0.5, 0.6) is 0 Å². The summed E-state index contributed by atoms with van der Waals surface area (Å²) in [7, 11) is 0. The van der Waals surface area contributed by atoms with Gasteiger partial charge in [-0.3, -0.25) is 0 Å². The molecule has 0 heterocycles. The average Bonchev–Trinajstić information content (AvgIpc) is 2.17. The second-order valence-electron chi connectivity index (χ2n) is 4.77. The number of benzene rings is 1. The van der Waals surface area contributed by atoms with Crippen molar-refractivity contribution in [2.45, 2.75) is 46.0 Å². The van der Waals surface area contributed by atoms with Crippen LogP contribution in [0.25, 0.3) is 0 Å². The molecule has 0 unspecified atom stereocenters. The van der Waals surface area contributed by atoms with Crippen LogP contribution in [-0.2, 0) is 12.8 Å². The molecule has 0 aromatic heterocycles. The van der Waals surface area contributed by atoms with Gasteiger partial charge < -0.3 is 5.73 Å². The van der Waals surface area contributed by atoms with Gasteiger partial charge in [-0.1, -0.05) is 32.3 Å². The van der Waals surface area contributed by atoms with Crippen LogP contribution in [0.2, 0.25) is 0 Å². The molecule has 0 amide bonds. The third kappa shape index (κ3) is 2.01. The molecule has 1 fully saturated rings. The van der Waals surface area contributed by atoms with Crippen LogP contribution in [0.15, 0.2) is 12.1 Å². The van der Waals surface area contributed by atoms with Gasteiger partial charge in [0.15, 0.2) is 0 Å². The highest BCUT2D eigenvalue weighted by Gasteiger charge is 2.19. The second kappa shape index (κ2) is 4.26. The molecule has 0 atom stereocenters. The first-order valence-electron chi connectivity index (χ1n) is 6.09. The van der Waals surface area contributed by atoms with Crippen LogP contribution >= 0.6 is 0 Å². The molecule has 2 rings (SSSR count). The zero-order valence-electron chi connectivity index (χ0n) is 9.84. The Kier molecular flexibility index (Phi) is 2.99. The van der Waals surface area contributed by atoms with Gasteiger partial charge in [0.1, 0.15) is 0 Å². The van der Waals surface area contributed by atoms with Crippen molar-refractivity contribution in [1.82, 2.24) is 0 Å². The minimum absolute atomic E-state index is 0.943. The van der Waals surface area contributed by atoms with E-state index in [0.29, 0.717) is 0 Å². The van der Waals surface area contributed by atoms with E-state index in [1.807, 2.05) is 0 Å². The fourth-order valence-electron chi connectivity index (χ4n) is 2.52. The standard InChI is InChI=1S/C14H21N/c1-3-13-10(2)14(15)8-7-12(13)9-11-5-4-6-11/h7-8,11H,3-6,9,15H2,1-2H3. The van der Waals surface area contributed by atoms with Gasteiger partial charge in [-0.05, 0) is 48.4 Å². The monoisotopic (exact) mass is 203 g/mol. The van der Waals surface area contributed by atoms with Crippen molar-refractivity contribution in [2.24, 2.45) is 5.92 Å². The van der Waals surface area contributed by atoms with E-state index in [4.69, 9.17) is 5.73 Å². The number of nitrogen functional groups attached to an aromatic ring is 1. The molecular formula is C14H21N. The maximum absolute atomic E-state index is 5.94. The predicted molar refractivity (Wildman–Crippen MR) is 66.0 cm³/mol. The molecule has 1 aromatic rings. The van der Waals surface area contributed by atoms with Crippen molar-refractivity contribution in [3.05, 3.63) is 28.8 Å². The average molecular weight is 203 g/mol. The molecule has 2 N–H and O–H groups in total. The summed E-state index contributed by atoms with van der Waals surface area (Å²) in [6.45, 7) is 4.38. The lowest BCUT2D eigenvalue weighted by Crippen LogP contribution is -2.15. The predicted octanol–water partition coefficient (Wildman–Crippen LogP) is 3.48. The van der Waals surface area contributed by atoms with Crippen LogP contribution in [0, 0.1) is 12.8 Å². The number of rotatable bonds is 3. The quantitative estimate of drug-likeness (QED) is 0.748. The molecule has 82 valence electrons. The van der Waals surface area contributed by atoms with Crippen LogP contribution in [-0.4, -0.2) is 0 Å². The summed E-state index contributed by atoms with van der Waals surface area (Å²) in [4.78, 5) is 0. The first kappa shape index (κ1) is 10.5. The molecule has 1 aromatic carbocycles. The first-order chi connectivity index (χ1) is 7.22. The Morgan fingerprint density at radius 2 is 2.07 bits per heavy atom. The van der Waals surface area contributed by atoms with E-state index in [-0.39, 0.29) is 0 Å². The fraction of sp³-hybridized carbons (Fsp3) is 0.571. The highest BCUT2D eigenvalue weighted by molar-refractivity contribution is 5.53. The van der Waals surface area contributed by atoms with Crippen molar-refractivity contribution in [3.8, 4) is 0 Å². The van der Waals surface area contributed by atoms with Crippen molar-refractivity contribution < 1.29 is 0 Å². The molecule has 0 saturated heterocycles. The topological polar surface area (TPSA) is 26.0 Å². The normalized spacial score (nSPS) is 16.4. The number of hydrogen-bond acceptors (Lipinski definition) is 1. The minimum Gasteiger partial charge on any atom is -0.399 e. The Balaban J connectivity index is 2.25. The van der Waals surface area contributed by atoms with E-state index >= 15 is 0 Å². The number of anilines is 1. The zero-order chi connectivity index (χ0) is 10.8. The first-order valence-corrected chi connectivity index (χ1v) is 6.09. The third-order valence-corrected chi connectivity index (χ3v) is 3.82. The van der Waals surface area contributed by atoms with E-state index in [2.05, 4.69) is 26.0 Å². The summed E-state index contributed by atoms with van der Waals surface area (Å²) in [6, 6.07) is 4.31. The van der Waals surface area contributed by atoms with E-state index in [1.165, 1.54) is 42.4 Å². The van der Waals surface area contributed by atoms with Crippen LogP contribution < -0.4 is 5.73 Å². The van der Waals surface area contributed by atoms with Gasteiger partial charge in [0.05, 0.1) is 0 Å². The molecule has 1 saturated carbocycles. The molecular weight excluding hydrogens is 182 g/mol. The lowest BCUT2D eigenvalue weighted by molar-refractivity contribution is 0.314. The number of nitrogens with two attached hydrogens (primary N) is 1. The third-order valence-electron chi connectivity index (χ3n) is 3.82. The summed E-state index contributed by atoms with van der Waals surface area (Å²) >= 11 is 0. The van der Waals surface area contributed by atoms with Crippen molar-refractivity contribution in [2.75, 3.05) is 5.73 Å². The van der Waals surface area contributed by atoms with Gasteiger partial charge >= 0.3 is 0 Å². The highest BCUT2D eigenvalue weighted by Crippen LogP contribution is 2.32. The van der Waals surface area contributed by atoms with E-state index in [1.54, 1.807) is 0 Å². The van der Waals surface area contributed by atoms with Gasteiger partial charge in [-0.25, -0.2) is 0 Å². The molecule has 0 bridgehead atoms. The van der Waals surface area contributed by atoms with Crippen LogP contribution in [0.4, 0.5) is 5.69 Å². The van der Waals surface area contributed by atoms with Gasteiger partial charge in [0.25, 0.3) is 0 Å². The van der Waals surface area contributed by atoms with E-state index in [9.17, 15) is 0 Å². The van der Waals surface area contributed by atoms with Gasteiger partial charge in [-0.2, -0.15) is 0 Å². The second-order valence-corrected chi connectivity index (χ2v) is 4.77. The maximum atomic E-state index is 5.94. The van der Waals surface area contributed by atoms with Crippen molar-refractivity contribution in [1.29, 1.82) is 0 Å². The Hall–Kier alpha value is -0.980. The molecule has 0 spiro atoms. The van der Waals surface area contributed by atoms with Crippen molar-refractivity contribution in [3.63, 3.8) is 0 Å². The molecule has 1 aliphatic carbocycles. The molecule has 1 aliphatic rings. The Labute approximate surface area is 92.7 Å². The highest BCUT2D eigenvalue weighted by atomic mass is 14.6.